The van der Waals surface area contributed by atoms with Crippen LogP contribution in [0.4, 0.5) is 17.8 Å². The van der Waals surface area contributed by atoms with Crippen LogP contribution in [-0.4, -0.2) is 34.1 Å². The lowest BCUT2D eigenvalue weighted by Gasteiger charge is -2.19. The third-order valence-corrected chi connectivity index (χ3v) is 3.45. The van der Waals surface area contributed by atoms with Gasteiger partial charge in [-0.25, -0.2) is 0 Å². The molecule has 1 heterocycles. The second-order valence-corrected chi connectivity index (χ2v) is 4.64. The van der Waals surface area contributed by atoms with Crippen LogP contribution in [0.5, 0.6) is 0 Å². The number of hydrogen-bond donors (Lipinski definition) is 2. The van der Waals surface area contributed by atoms with E-state index in [9.17, 15) is 0 Å². The lowest BCUT2D eigenvalue weighted by atomic mass is 10.3. The van der Waals surface area contributed by atoms with Gasteiger partial charge in [0.25, 0.3) is 0 Å². The first kappa shape index (κ1) is 12.9. The quantitative estimate of drug-likeness (QED) is 0.796. The zero-order valence-corrected chi connectivity index (χ0v) is 11.3. The number of aromatic nitrogens is 3. The zero-order valence-electron chi connectivity index (χ0n) is 11.3. The highest BCUT2D eigenvalue weighted by molar-refractivity contribution is 5.43. The number of nitrogens with zero attached hydrogens (tertiary/aromatic N) is 4. The van der Waals surface area contributed by atoms with Crippen molar-refractivity contribution in [2.75, 3.05) is 29.0 Å². The summed E-state index contributed by atoms with van der Waals surface area (Å²) in [6.45, 7) is 8.07. The molecule has 0 spiro atoms. The third kappa shape index (κ3) is 2.80. The fourth-order valence-corrected chi connectivity index (χ4v) is 2.13. The molecule has 1 aliphatic carbocycles. The smallest absolute Gasteiger partial charge is 0.231 e. The SMILES string of the molecule is CCC1CC1Nc1nc(N)nc(N(CC)CC)n1. The van der Waals surface area contributed by atoms with E-state index in [0.717, 1.165) is 19.0 Å². The summed E-state index contributed by atoms with van der Waals surface area (Å²) < 4.78 is 0. The molecule has 3 N–H and O–H groups in total. The van der Waals surface area contributed by atoms with Crippen molar-refractivity contribution in [3.05, 3.63) is 0 Å². The number of hydrogen-bond acceptors (Lipinski definition) is 6. The van der Waals surface area contributed by atoms with Crippen molar-refractivity contribution in [1.82, 2.24) is 15.0 Å². The molecule has 18 heavy (non-hydrogen) atoms. The number of nitrogen functional groups attached to an aromatic ring is 1. The van der Waals surface area contributed by atoms with Crippen LogP contribution in [0.15, 0.2) is 0 Å². The summed E-state index contributed by atoms with van der Waals surface area (Å²) in [5, 5.41) is 3.33. The number of nitrogens with two attached hydrogens (primary N) is 1. The summed E-state index contributed by atoms with van der Waals surface area (Å²) in [6, 6.07) is 0.501. The maximum Gasteiger partial charge on any atom is 0.231 e. The highest BCUT2D eigenvalue weighted by Crippen LogP contribution is 2.35. The minimum atomic E-state index is 0.281. The normalized spacial score (nSPS) is 21.7. The molecule has 1 aromatic rings. The molecule has 2 rings (SSSR count). The van der Waals surface area contributed by atoms with E-state index < -0.39 is 0 Å². The molecular weight excluding hydrogens is 228 g/mol. The Morgan fingerprint density at radius 3 is 2.50 bits per heavy atom. The maximum absolute atomic E-state index is 5.74. The fourth-order valence-electron chi connectivity index (χ4n) is 2.13. The summed E-state index contributed by atoms with van der Waals surface area (Å²) in [6.07, 6.45) is 2.39. The highest BCUT2D eigenvalue weighted by atomic mass is 15.3. The van der Waals surface area contributed by atoms with E-state index in [1.807, 2.05) is 0 Å². The molecule has 0 saturated heterocycles. The molecule has 0 aliphatic heterocycles. The summed E-state index contributed by atoms with van der Waals surface area (Å²) in [7, 11) is 0. The van der Waals surface area contributed by atoms with Crippen LogP contribution in [0.25, 0.3) is 0 Å². The van der Waals surface area contributed by atoms with Crippen molar-refractivity contribution in [3.63, 3.8) is 0 Å². The molecule has 1 aromatic heterocycles. The summed E-state index contributed by atoms with van der Waals surface area (Å²) in [5.74, 6) is 2.29. The first-order chi connectivity index (χ1) is 8.67. The van der Waals surface area contributed by atoms with Crippen molar-refractivity contribution in [1.29, 1.82) is 0 Å². The van der Waals surface area contributed by atoms with Crippen molar-refractivity contribution >= 4 is 17.8 Å². The Kier molecular flexibility index (Phi) is 3.84. The molecular formula is C12H22N6. The van der Waals surface area contributed by atoms with E-state index >= 15 is 0 Å². The van der Waals surface area contributed by atoms with E-state index in [0.29, 0.717) is 17.9 Å². The van der Waals surface area contributed by atoms with E-state index in [2.05, 4.69) is 45.9 Å². The van der Waals surface area contributed by atoms with Gasteiger partial charge in [0.1, 0.15) is 0 Å². The zero-order chi connectivity index (χ0) is 13.1. The summed E-state index contributed by atoms with van der Waals surface area (Å²) in [4.78, 5) is 14.8. The molecule has 6 heteroatoms. The van der Waals surface area contributed by atoms with Gasteiger partial charge in [-0.1, -0.05) is 13.3 Å². The van der Waals surface area contributed by atoms with Gasteiger partial charge >= 0.3 is 0 Å². The topological polar surface area (TPSA) is 80.0 Å². The lowest BCUT2D eigenvalue weighted by molar-refractivity contribution is 0.768. The predicted octanol–water partition coefficient (Wildman–Crippen LogP) is 1.51. The molecule has 0 bridgehead atoms. The van der Waals surface area contributed by atoms with Crippen LogP contribution < -0.4 is 16.0 Å². The van der Waals surface area contributed by atoms with Crippen molar-refractivity contribution in [3.8, 4) is 0 Å². The third-order valence-electron chi connectivity index (χ3n) is 3.45. The molecule has 0 amide bonds. The van der Waals surface area contributed by atoms with Gasteiger partial charge in [0.05, 0.1) is 0 Å². The van der Waals surface area contributed by atoms with E-state index in [1.54, 1.807) is 0 Å². The molecule has 6 nitrogen and oxygen atoms in total. The molecule has 1 saturated carbocycles. The monoisotopic (exact) mass is 250 g/mol. The Balaban J connectivity index is 2.11. The maximum atomic E-state index is 5.74. The second-order valence-electron chi connectivity index (χ2n) is 4.64. The van der Waals surface area contributed by atoms with Gasteiger partial charge in [-0.05, 0) is 26.2 Å². The standard InChI is InChI=1S/C12H22N6/c1-4-8-7-9(8)14-11-15-10(13)16-12(17-11)18(5-2)6-3/h8-9H,4-7H2,1-3H3,(H3,13,14,15,16,17). The van der Waals surface area contributed by atoms with E-state index in [-0.39, 0.29) is 5.95 Å². The molecule has 2 unspecified atom stereocenters. The van der Waals surface area contributed by atoms with Crippen LogP contribution in [0.1, 0.15) is 33.6 Å². The van der Waals surface area contributed by atoms with Gasteiger partial charge in [0.2, 0.25) is 17.8 Å². The molecule has 0 aromatic carbocycles. The average Bonchev–Trinajstić information content (AvgIpc) is 3.08. The first-order valence-corrected chi connectivity index (χ1v) is 6.70. The first-order valence-electron chi connectivity index (χ1n) is 6.70. The van der Waals surface area contributed by atoms with Crippen LogP contribution >= 0.6 is 0 Å². The average molecular weight is 250 g/mol. The second kappa shape index (κ2) is 5.37. The number of nitrogens with one attached hydrogen (secondary N) is 1. The van der Waals surface area contributed by atoms with Crippen LogP contribution in [0, 0.1) is 5.92 Å². The molecule has 1 fully saturated rings. The van der Waals surface area contributed by atoms with Crippen LogP contribution in [-0.2, 0) is 0 Å². The number of rotatable bonds is 6. The van der Waals surface area contributed by atoms with Gasteiger partial charge in [-0.2, -0.15) is 15.0 Å². The summed E-state index contributed by atoms with van der Waals surface area (Å²) in [5.41, 5.74) is 5.74. The Morgan fingerprint density at radius 2 is 1.94 bits per heavy atom. The minimum absolute atomic E-state index is 0.281. The Hall–Kier alpha value is -1.59. The van der Waals surface area contributed by atoms with Crippen molar-refractivity contribution < 1.29 is 0 Å². The largest absolute Gasteiger partial charge is 0.368 e. The Bertz CT molecular complexity index is 404. The van der Waals surface area contributed by atoms with E-state index in [4.69, 9.17) is 5.73 Å². The highest BCUT2D eigenvalue weighted by Gasteiger charge is 2.35. The van der Waals surface area contributed by atoms with Gasteiger partial charge in [0, 0.05) is 19.1 Å². The van der Waals surface area contributed by atoms with Crippen molar-refractivity contribution in [2.24, 2.45) is 5.92 Å². The molecule has 1 aliphatic rings. The molecule has 2 atom stereocenters. The summed E-state index contributed by atoms with van der Waals surface area (Å²) >= 11 is 0. The lowest BCUT2D eigenvalue weighted by Crippen LogP contribution is -2.25. The van der Waals surface area contributed by atoms with Crippen LogP contribution in [0.2, 0.25) is 0 Å². The Morgan fingerprint density at radius 1 is 1.22 bits per heavy atom. The van der Waals surface area contributed by atoms with Gasteiger partial charge in [-0.3, -0.25) is 0 Å². The van der Waals surface area contributed by atoms with Crippen molar-refractivity contribution in [2.45, 2.75) is 39.7 Å². The predicted molar refractivity (Wildman–Crippen MR) is 73.6 cm³/mol. The van der Waals surface area contributed by atoms with Gasteiger partial charge in [0.15, 0.2) is 0 Å². The number of anilines is 3. The Labute approximate surface area is 108 Å². The minimum Gasteiger partial charge on any atom is -0.368 e. The van der Waals surface area contributed by atoms with Gasteiger partial charge in [-0.15, -0.1) is 0 Å². The van der Waals surface area contributed by atoms with Crippen LogP contribution in [0.3, 0.4) is 0 Å². The van der Waals surface area contributed by atoms with Gasteiger partial charge < -0.3 is 16.0 Å². The van der Waals surface area contributed by atoms with E-state index in [1.165, 1.54) is 12.8 Å². The molecule has 100 valence electrons. The fraction of sp³-hybridized carbons (Fsp3) is 0.750. The molecule has 0 radical (unpaired) electrons.